The molecule has 0 amide bonds. The number of fused-ring (bicyclic) bond motifs is 25. The maximum Gasteiger partial charge on any atom is 0.397 e. The normalized spacial score (nSPS) is 51.4. The number of hydrogen-bond acceptors (Lipinski definition) is 13. The van der Waals surface area contributed by atoms with Gasteiger partial charge in [-0.2, -0.15) is 8.42 Å². The summed E-state index contributed by atoms with van der Waals surface area (Å²) in [7, 11) is -4.30. The van der Waals surface area contributed by atoms with Crippen LogP contribution in [0.5, 0.6) is 0 Å². The molecule has 15 unspecified atom stereocenters. The summed E-state index contributed by atoms with van der Waals surface area (Å²) in [5.74, 6) is 20.9. The summed E-state index contributed by atoms with van der Waals surface area (Å²) < 4.78 is 34.8. The van der Waals surface area contributed by atoms with E-state index in [4.69, 9.17) is 4.55 Å². The van der Waals surface area contributed by atoms with Gasteiger partial charge in [-0.1, -0.05) is 170 Å². The van der Waals surface area contributed by atoms with E-state index in [1.165, 1.54) is 205 Å². The molecule has 0 aliphatic heterocycles. The van der Waals surface area contributed by atoms with E-state index in [0.717, 1.165) is 181 Å². The predicted molar refractivity (Wildman–Crippen MR) is 564 cm³/mol. The highest BCUT2D eigenvalue weighted by molar-refractivity contribution is 7.80. The molecule has 140 heavy (non-hydrogen) atoms. The first-order chi connectivity index (χ1) is 66.3. The molecule has 20 aliphatic carbocycles. The Morgan fingerprint density at radius 2 is 0.586 bits per heavy atom. The van der Waals surface area contributed by atoms with Crippen molar-refractivity contribution >= 4 is 16.4 Å². The number of carboxylic acids is 1. The number of carboxylic acid groups (broad SMARTS) is 1. The zero-order chi connectivity index (χ0) is 101. The Labute approximate surface area is 855 Å². The predicted octanol–water partition coefficient (Wildman–Crippen LogP) is 27.1. The first-order valence-electron chi connectivity index (χ1n) is 61.1. The fourth-order valence-electron chi connectivity index (χ4n) is 46.2. The standard InChI is InChI=1S/2C26H46O3.C25H44O3.C24H42O4S.C23H38O2/c2*1-5-18-22-15-17(28)10-12-26(22,4)21-11-13-25(3)19(16(2)7-6-14-27)8-9-20(25)23(21)24(18)29;1-5-17-21-14-16(27)8-11-25(21,4)20-9-12-24(3)18(15(2)10-13-26)6-7-19(24)22(20)23(17)28;1-17(7-6-16-28-29(25,26)27)20-11-12-21-19-10-9-18-8-4-5-14-23(18,2)22(19)13-15-24(20,21)3;1-15(14-21(24)25)18-9-10-19-17-8-7-16-6-4-5-12-22(16,2)20(17)11-13-23(18,19)3/h2*16-24,27-29H,5-15H2,1-4H3;15-23,26-28H,5-14H2,1-4H3;17-22H,4-16H2,1-3H3,(H,25,26,27);15-20H,4-14H2,1-3H3,(H,24,25)/t16-,17-,18+,19-,20?,21?,22+,23?,24+,25-,26-;16-,17-,18-,19-,20?,21?,22+,23?,24+,25-,26-;15-,16-,17+,18-,19?,20?,21+,22?,23+,24-,25-;17-,18+,19?,20-,21?,22?,23+,24-;15-,16+,17?,18-,19?,20?,22+,23-/m11111/s1. The van der Waals surface area contributed by atoms with Gasteiger partial charge in [0.1, 0.15) is 0 Å². The molecule has 0 bridgehead atoms. The number of hydrogen-bond donors (Lipinski definition) is 11. The van der Waals surface area contributed by atoms with Crippen molar-refractivity contribution in [2.45, 2.75) is 495 Å². The largest absolute Gasteiger partial charge is 0.481 e. The minimum Gasteiger partial charge on any atom is -0.481 e. The summed E-state index contributed by atoms with van der Waals surface area (Å²) in [5, 5.41) is 104. The summed E-state index contributed by atoms with van der Waals surface area (Å²) in [4.78, 5) is 11.3. The van der Waals surface area contributed by atoms with Gasteiger partial charge < -0.3 is 51.1 Å². The summed E-state index contributed by atoms with van der Waals surface area (Å²) >= 11 is 0. The summed E-state index contributed by atoms with van der Waals surface area (Å²) in [6.07, 6.45) is 62.0. The number of aliphatic hydroxyl groups excluding tert-OH is 9. The first-order valence-corrected chi connectivity index (χ1v) is 62.4. The van der Waals surface area contributed by atoms with E-state index < -0.39 is 16.4 Å². The molecule has 0 spiro atoms. The van der Waals surface area contributed by atoms with Crippen LogP contribution in [-0.4, -0.2) is 133 Å². The number of aliphatic carboxylic acids is 1. The monoisotopic (exact) mass is 1980 g/mol. The fraction of sp³-hybridized carbons (Fsp3) is 0.992. The lowest BCUT2D eigenvalue weighted by Crippen LogP contribution is -2.62. The topological polar surface area (TPSA) is 283 Å². The molecule has 16 heteroatoms. The molecule has 20 fully saturated rings. The average Bonchev–Trinajstić information content (AvgIpc) is 1.41. The Bertz CT molecular complexity index is 4020. The van der Waals surface area contributed by atoms with Gasteiger partial charge in [0.15, 0.2) is 0 Å². The second-order valence-corrected chi connectivity index (χ2v) is 58.8. The molecule has 15 nitrogen and oxygen atoms in total. The van der Waals surface area contributed by atoms with Gasteiger partial charge in [0, 0.05) is 26.2 Å². The third-order valence-corrected chi connectivity index (χ3v) is 53.4. The summed E-state index contributed by atoms with van der Waals surface area (Å²) in [6, 6.07) is 0. The second kappa shape index (κ2) is 44.2. The smallest absolute Gasteiger partial charge is 0.397 e. The van der Waals surface area contributed by atoms with Crippen LogP contribution >= 0.6 is 0 Å². The van der Waals surface area contributed by atoms with Gasteiger partial charge >= 0.3 is 16.4 Å². The van der Waals surface area contributed by atoms with Crippen LogP contribution < -0.4 is 0 Å². The Hall–Kier alpha value is -1.02. The zero-order valence-corrected chi connectivity index (χ0v) is 93.4. The van der Waals surface area contributed by atoms with Crippen molar-refractivity contribution in [1.82, 2.24) is 0 Å². The van der Waals surface area contributed by atoms with Crippen molar-refractivity contribution in [2.24, 2.45) is 249 Å². The Kier molecular flexibility index (Phi) is 35.2. The molecular formula is C124H216O15S. The quantitative estimate of drug-likeness (QED) is 0.0335. The Balaban J connectivity index is 0.000000126. The van der Waals surface area contributed by atoms with Gasteiger partial charge in [0.25, 0.3) is 0 Å². The summed E-state index contributed by atoms with van der Waals surface area (Å²) in [5.41, 5.74) is 4.02. The minimum absolute atomic E-state index is 0.0977. The van der Waals surface area contributed by atoms with Crippen molar-refractivity contribution in [3.05, 3.63) is 0 Å². The van der Waals surface area contributed by atoms with Crippen LogP contribution in [0.1, 0.15) is 459 Å². The average molecular weight is 1980 g/mol. The maximum absolute atomic E-state index is 11.7. The Morgan fingerprint density at radius 3 is 0.893 bits per heavy atom. The van der Waals surface area contributed by atoms with Gasteiger partial charge in [-0.15, -0.1) is 0 Å². The zero-order valence-electron chi connectivity index (χ0n) is 92.6. The van der Waals surface area contributed by atoms with E-state index in [-0.39, 0.29) is 43.2 Å². The maximum atomic E-state index is 11.7. The van der Waals surface area contributed by atoms with E-state index in [0.29, 0.717) is 217 Å². The van der Waals surface area contributed by atoms with Crippen LogP contribution in [0.25, 0.3) is 0 Å². The highest BCUT2D eigenvalue weighted by Crippen LogP contribution is 2.77. The lowest BCUT2D eigenvalue weighted by Gasteiger charge is -2.64. The van der Waals surface area contributed by atoms with E-state index in [1.54, 1.807) is 0 Å². The lowest BCUT2D eigenvalue weighted by atomic mass is 9.41. The molecule has 49 atom stereocenters. The van der Waals surface area contributed by atoms with Crippen molar-refractivity contribution < 1.29 is 73.0 Å². The molecular weight excluding hydrogens is 1760 g/mol. The van der Waals surface area contributed by atoms with Gasteiger partial charge in [-0.3, -0.25) is 9.35 Å². The second-order valence-electron chi connectivity index (χ2n) is 57.7. The van der Waals surface area contributed by atoms with Crippen molar-refractivity contribution in [3.8, 4) is 0 Å². The molecule has 20 saturated carbocycles. The molecule has 0 aromatic carbocycles. The molecule has 20 aliphatic rings. The third-order valence-electron chi connectivity index (χ3n) is 52.9. The van der Waals surface area contributed by atoms with Crippen LogP contribution in [0.3, 0.4) is 0 Å². The SMILES string of the molecule is CC[C@@H]1[C@H](O)C2C3CC[C@H]([C@H](C)CCCO)[C@@]3(C)CCC2[C@@]2(C)CC[C@@H](O)C[C@@H]12.CC[C@@H]1[C@H](O)C2C3CC[C@H]([C@H](C)CCO)[C@@]3(C)CCC2[C@@]2(C)CC[C@@H](O)C[C@@H]12.CC[C@H]1[C@H](O)C2C3CC[C@H]([C@H](C)CCCO)[C@@]3(C)CCC2[C@@]2(C)CC[C@@H](O)C[C@@H]12.C[C@H](CC(=O)O)[C@H]1CCC2C3CC[C@@H]4CCCC[C@]4(C)C3CC[C@@]21C.C[C@H](CCCOS(=O)(=O)O)[C@H]1CCC2C3CC[C@@H]4CCCC[C@]4(C)C3CC[C@@]21C. The van der Waals surface area contributed by atoms with Crippen LogP contribution in [0.4, 0.5) is 0 Å². The van der Waals surface area contributed by atoms with Crippen molar-refractivity contribution in [2.75, 3.05) is 26.4 Å². The molecule has 0 saturated heterocycles. The van der Waals surface area contributed by atoms with Gasteiger partial charge in [-0.25, -0.2) is 4.18 Å². The molecule has 20 rings (SSSR count). The van der Waals surface area contributed by atoms with Crippen LogP contribution in [-0.2, 0) is 19.4 Å². The fourth-order valence-corrected chi connectivity index (χ4v) is 46.5. The highest BCUT2D eigenvalue weighted by Gasteiger charge is 2.71. The van der Waals surface area contributed by atoms with Gasteiger partial charge in [0.2, 0.25) is 0 Å². The third kappa shape index (κ3) is 20.1. The first kappa shape index (κ1) is 112. The van der Waals surface area contributed by atoms with E-state index >= 15 is 0 Å². The number of carbonyl (C=O) groups is 1. The number of rotatable bonds is 23. The molecule has 0 radical (unpaired) electrons. The molecule has 0 aromatic heterocycles. The molecule has 808 valence electrons. The van der Waals surface area contributed by atoms with Gasteiger partial charge in [0.05, 0.1) is 43.2 Å². The number of aliphatic hydroxyl groups is 9. The lowest BCUT2D eigenvalue weighted by molar-refractivity contribution is -0.203. The van der Waals surface area contributed by atoms with Crippen LogP contribution in [0.15, 0.2) is 0 Å². The minimum atomic E-state index is -4.30. The van der Waals surface area contributed by atoms with Gasteiger partial charge in [-0.05, 0) is 532 Å². The molecule has 0 heterocycles. The van der Waals surface area contributed by atoms with E-state index in [2.05, 4.69) is 129 Å². The Morgan fingerprint density at radius 1 is 0.307 bits per heavy atom. The molecule has 11 N–H and O–H groups in total. The van der Waals surface area contributed by atoms with Crippen molar-refractivity contribution in [3.63, 3.8) is 0 Å². The molecule has 0 aromatic rings. The van der Waals surface area contributed by atoms with E-state index in [9.17, 15) is 64.3 Å². The van der Waals surface area contributed by atoms with E-state index in [1.807, 2.05) is 0 Å². The summed E-state index contributed by atoms with van der Waals surface area (Å²) in [6.45, 7) is 45.1. The van der Waals surface area contributed by atoms with Crippen molar-refractivity contribution in [1.29, 1.82) is 0 Å². The van der Waals surface area contributed by atoms with Crippen LogP contribution in [0, 0.1) is 249 Å². The van der Waals surface area contributed by atoms with Crippen LogP contribution in [0.2, 0.25) is 0 Å². The highest BCUT2D eigenvalue weighted by atomic mass is 32.3.